The van der Waals surface area contributed by atoms with Crippen molar-refractivity contribution in [3.05, 3.63) is 29.6 Å². The minimum Gasteiger partial charge on any atom is -0.352 e. The van der Waals surface area contributed by atoms with E-state index in [1.165, 1.54) is 0 Å². The summed E-state index contributed by atoms with van der Waals surface area (Å²) in [5.74, 6) is 1.16. The zero-order chi connectivity index (χ0) is 13.8. The molecule has 0 aliphatic rings. The largest absolute Gasteiger partial charge is 0.352 e. The van der Waals surface area contributed by atoms with E-state index in [1.54, 1.807) is 0 Å². The first-order valence-electron chi connectivity index (χ1n) is 6.50. The summed E-state index contributed by atoms with van der Waals surface area (Å²) < 4.78 is 0. The summed E-state index contributed by atoms with van der Waals surface area (Å²) in [5.41, 5.74) is 8.51. The lowest BCUT2D eigenvalue weighted by atomic mass is 10.1. The molecule has 1 heterocycles. The molecule has 1 unspecified atom stereocenters. The second kappa shape index (κ2) is 5.84. The van der Waals surface area contributed by atoms with Gasteiger partial charge in [0, 0.05) is 13.0 Å². The second-order valence-electron chi connectivity index (χ2n) is 5.00. The van der Waals surface area contributed by atoms with E-state index in [1.807, 2.05) is 32.0 Å². The molecule has 0 saturated carbocycles. The number of benzene rings is 1. The van der Waals surface area contributed by atoms with Crippen LogP contribution < -0.4 is 11.1 Å². The number of nitrogens with zero attached hydrogens (tertiary/aromatic N) is 1. The van der Waals surface area contributed by atoms with Crippen molar-refractivity contribution in [3.63, 3.8) is 0 Å². The number of hydrogen-bond donors (Lipinski definition) is 3. The third-order valence-electron chi connectivity index (χ3n) is 3.09. The summed E-state index contributed by atoms with van der Waals surface area (Å²) in [5, 5.41) is 2.91. The van der Waals surface area contributed by atoms with Gasteiger partial charge < -0.3 is 16.0 Å². The molecular weight excluding hydrogens is 240 g/mol. The van der Waals surface area contributed by atoms with E-state index in [0.29, 0.717) is 19.5 Å². The quantitative estimate of drug-likeness (QED) is 0.761. The fourth-order valence-corrected chi connectivity index (χ4v) is 1.97. The van der Waals surface area contributed by atoms with Crippen molar-refractivity contribution in [1.82, 2.24) is 15.3 Å². The van der Waals surface area contributed by atoms with Crippen LogP contribution in [-0.2, 0) is 11.3 Å². The number of aromatic nitrogens is 2. The number of rotatable bonds is 5. The lowest BCUT2D eigenvalue weighted by Gasteiger charge is -2.09. The molecule has 0 aliphatic carbocycles. The van der Waals surface area contributed by atoms with Gasteiger partial charge in [-0.3, -0.25) is 4.79 Å². The summed E-state index contributed by atoms with van der Waals surface area (Å²) in [6.45, 7) is 4.96. The van der Waals surface area contributed by atoms with Crippen LogP contribution in [0.5, 0.6) is 0 Å². The smallest absolute Gasteiger partial charge is 0.220 e. The van der Waals surface area contributed by atoms with E-state index in [0.717, 1.165) is 22.4 Å². The van der Waals surface area contributed by atoms with E-state index < -0.39 is 0 Å². The third-order valence-corrected chi connectivity index (χ3v) is 3.09. The summed E-state index contributed by atoms with van der Waals surface area (Å²) in [7, 11) is 0. The van der Waals surface area contributed by atoms with Gasteiger partial charge in [-0.05, 0) is 37.1 Å². The van der Waals surface area contributed by atoms with Crippen molar-refractivity contribution in [2.45, 2.75) is 26.8 Å². The Morgan fingerprint density at radius 3 is 3.05 bits per heavy atom. The summed E-state index contributed by atoms with van der Waals surface area (Å²) in [6, 6.07) is 5.96. The van der Waals surface area contributed by atoms with Crippen LogP contribution in [0.4, 0.5) is 0 Å². The molecule has 19 heavy (non-hydrogen) atoms. The molecule has 102 valence electrons. The van der Waals surface area contributed by atoms with E-state index in [9.17, 15) is 4.79 Å². The van der Waals surface area contributed by atoms with Gasteiger partial charge in [-0.2, -0.15) is 0 Å². The number of nitrogens with one attached hydrogen (secondary N) is 2. The Morgan fingerprint density at radius 2 is 2.32 bits per heavy atom. The number of hydrogen-bond acceptors (Lipinski definition) is 3. The van der Waals surface area contributed by atoms with Crippen molar-refractivity contribution >= 4 is 16.9 Å². The van der Waals surface area contributed by atoms with Gasteiger partial charge >= 0.3 is 0 Å². The minimum atomic E-state index is 0.0406. The molecule has 0 fully saturated rings. The lowest BCUT2D eigenvalue weighted by Crippen LogP contribution is -2.26. The zero-order valence-corrected chi connectivity index (χ0v) is 11.4. The Kier molecular flexibility index (Phi) is 4.16. The number of nitrogens with two attached hydrogens (primary N) is 1. The number of fused-ring (bicyclic) bond motifs is 1. The predicted molar refractivity (Wildman–Crippen MR) is 75.5 cm³/mol. The molecule has 0 spiro atoms. The molecular formula is C14H20N4O. The van der Waals surface area contributed by atoms with Crippen LogP contribution >= 0.6 is 0 Å². The molecule has 2 rings (SSSR count). The van der Waals surface area contributed by atoms with Gasteiger partial charge in [-0.1, -0.05) is 13.0 Å². The van der Waals surface area contributed by atoms with Crippen LogP contribution in [0.3, 0.4) is 0 Å². The number of carbonyl (C=O) groups is 1. The van der Waals surface area contributed by atoms with Crippen LogP contribution in [0, 0.1) is 12.8 Å². The normalized spacial score (nSPS) is 12.6. The number of amides is 1. The molecule has 0 radical (unpaired) electrons. The van der Waals surface area contributed by atoms with Gasteiger partial charge in [0.15, 0.2) is 0 Å². The second-order valence-corrected chi connectivity index (χ2v) is 5.00. The third kappa shape index (κ3) is 3.54. The standard InChI is InChI=1S/C14H20N4O/c1-9(7-15)5-14(19)16-8-11-3-4-12-13(6-11)18-10(2)17-12/h3-4,6,9H,5,7-8,15H2,1-2H3,(H,16,19)(H,17,18). The highest BCUT2D eigenvalue weighted by Gasteiger charge is 2.07. The van der Waals surface area contributed by atoms with Gasteiger partial charge in [0.1, 0.15) is 5.82 Å². The first-order chi connectivity index (χ1) is 9.08. The maximum Gasteiger partial charge on any atom is 0.220 e. The van der Waals surface area contributed by atoms with Crippen molar-refractivity contribution in [2.75, 3.05) is 6.54 Å². The topological polar surface area (TPSA) is 83.8 Å². The van der Waals surface area contributed by atoms with Gasteiger partial charge in [-0.15, -0.1) is 0 Å². The molecule has 1 aromatic heterocycles. The number of carbonyl (C=O) groups excluding carboxylic acids is 1. The van der Waals surface area contributed by atoms with Crippen molar-refractivity contribution in [3.8, 4) is 0 Å². The molecule has 0 aliphatic heterocycles. The molecule has 0 saturated heterocycles. The van der Waals surface area contributed by atoms with E-state index in [4.69, 9.17) is 5.73 Å². The molecule has 2 aromatic rings. The van der Waals surface area contributed by atoms with Crippen LogP contribution in [0.2, 0.25) is 0 Å². The molecule has 1 atom stereocenters. The molecule has 1 amide bonds. The Morgan fingerprint density at radius 1 is 1.53 bits per heavy atom. The maximum absolute atomic E-state index is 11.7. The average molecular weight is 260 g/mol. The Balaban J connectivity index is 1.96. The van der Waals surface area contributed by atoms with E-state index in [2.05, 4.69) is 15.3 Å². The number of H-pyrrole nitrogens is 1. The highest BCUT2D eigenvalue weighted by Crippen LogP contribution is 2.13. The summed E-state index contributed by atoms with van der Waals surface area (Å²) in [4.78, 5) is 19.2. The van der Waals surface area contributed by atoms with Crippen LogP contribution in [0.15, 0.2) is 18.2 Å². The van der Waals surface area contributed by atoms with E-state index >= 15 is 0 Å². The van der Waals surface area contributed by atoms with Crippen LogP contribution in [0.25, 0.3) is 11.0 Å². The van der Waals surface area contributed by atoms with Crippen molar-refractivity contribution in [1.29, 1.82) is 0 Å². The first kappa shape index (κ1) is 13.5. The molecule has 1 aromatic carbocycles. The Hall–Kier alpha value is -1.88. The van der Waals surface area contributed by atoms with Gasteiger partial charge in [0.2, 0.25) is 5.91 Å². The SMILES string of the molecule is Cc1nc2ccc(CNC(=O)CC(C)CN)cc2[nH]1. The van der Waals surface area contributed by atoms with E-state index in [-0.39, 0.29) is 11.8 Å². The summed E-state index contributed by atoms with van der Waals surface area (Å²) in [6.07, 6.45) is 0.474. The number of aromatic amines is 1. The van der Waals surface area contributed by atoms with Gasteiger partial charge in [0.25, 0.3) is 0 Å². The number of aryl methyl sites for hydroxylation is 1. The minimum absolute atomic E-state index is 0.0406. The maximum atomic E-state index is 11.7. The Labute approximate surface area is 112 Å². The molecule has 5 nitrogen and oxygen atoms in total. The highest BCUT2D eigenvalue weighted by atomic mass is 16.1. The van der Waals surface area contributed by atoms with Crippen molar-refractivity contribution < 1.29 is 4.79 Å². The van der Waals surface area contributed by atoms with Crippen molar-refractivity contribution in [2.24, 2.45) is 11.7 Å². The first-order valence-corrected chi connectivity index (χ1v) is 6.50. The average Bonchev–Trinajstić information content (AvgIpc) is 2.75. The highest BCUT2D eigenvalue weighted by molar-refractivity contribution is 5.77. The predicted octanol–water partition coefficient (Wildman–Crippen LogP) is 1.47. The molecule has 0 bridgehead atoms. The summed E-state index contributed by atoms with van der Waals surface area (Å²) >= 11 is 0. The fraction of sp³-hybridized carbons (Fsp3) is 0.429. The van der Waals surface area contributed by atoms with Gasteiger partial charge in [-0.25, -0.2) is 4.98 Å². The molecule has 5 heteroatoms. The Bertz CT molecular complexity index is 576. The zero-order valence-electron chi connectivity index (χ0n) is 11.4. The van der Waals surface area contributed by atoms with Crippen LogP contribution in [-0.4, -0.2) is 22.4 Å². The monoisotopic (exact) mass is 260 g/mol. The fourth-order valence-electron chi connectivity index (χ4n) is 1.97. The van der Waals surface area contributed by atoms with Crippen LogP contribution in [0.1, 0.15) is 24.7 Å². The lowest BCUT2D eigenvalue weighted by molar-refractivity contribution is -0.122. The van der Waals surface area contributed by atoms with Gasteiger partial charge in [0.05, 0.1) is 11.0 Å². The molecule has 4 N–H and O–H groups in total. The number of imidazole rings is 1.